The van der Waals surface area contributed by atoms with Gasteiger partial charge in [0.1, 0.15) is 5.82 Å². The SMILES string of the molecule is C.Cc1cnc(C(C)C)nc1C. The molecular formula is C10H18N2. The van der Waals surface area contributed by atoms with E-state index in [-0.39, 0.29) is 7.43 Å². The molecule has 2 heteroatoms. The highest BCUT2D eigenvalue weighted by Crippen LogP contribution is 2.09. The lowest BCUT2D eigenvalue weighted by Crippen LogP contribution is -1.99. The van der Waals surface area contributed by atoms with E-state index in [0.29, 0.717) is 5.92 Å². The Balaban J connectivity index is 0.00000121. The number of aromatic nitrogens is 2. The first-order valence-corrected chi connectivity index (χ1v) is 3.91. The molecule has 1 rings (SSSR count). The van der Waals surface area contributed by atoms with E-state index >= 15 is 0 Å². The molecule has 0 N–H and O–H groups in total. The Bertz CT molecular complexity index is 254. The maximum Gasteiger partial charge on any atom is 0.131 e. The lowest BCUT2D eigenvalue weighted by Gasteiger charge is -2.04. The molecule has 1 aromatic heterocycles. The summed E-state index contributed by atoms with van der Waals surface area (Å²) in [5.74, 6) is 1.36. The highest BCUT2D eigenvalue weighted by molar-refractivity contribution is 5.14. The topological polar surface area (TPSA) is 25.8 Å². The summed E-state index contributed by atoms with van der Waals surface area (Å²) in [4.78, 5) is 8.59. The fraction of sp³-hybridized carbons (Fsp3) is 0.600. The second kappa shape index (κ2) is 4.19. The van der Waals surface area contributed by atoms with E-state index in [9.17, 15) is 0 Å². The molecule has 0 radical (unpaired) electrons. The normalized spacial score (nSPS) is 9.75. The summed E-state index contributed by atoms with van der Waals surface area (Å²) in [5.41, 5.74) is 2.25. The minimum absolute atomic E-state index is 0. The maximum atomic E-state index is 4.36. The van der Waals surface area contributed by atoms with Gasteiger partial charge >= 0.3 is 0 Å². The third-order valence-electron chi connectivity index (χ3n) is 1.76. The zero-order chi connectivity index (χ0) is 8.43. The molecule has 0 fully saturated rings. The third kappa shape index (κ3) is 2.29. The Kier molecular flexibility index (Phi) is 3.87. The van der Waals surface area contributed by atoms with Crippen LogP contribution in [0.3, 0.4) is 0 Å². The average molecular weight is 166 g/mol. The molecule has 1 aromatic rings. The smallest absolute Gasteiger partial charge is 0.131 e. The first kappa shape index (κ1) is 11.1. The van der Waals surface area contributed by atoms with Crippen LogP contribution in [0.2, 0.25) is 0 Å². The summed E-state index contributed by atoms with van der Waals surface area (Å²) < 4.78 is 0. The quantitative estimate of drug-likeness (QED) is 0.641. The zero-order valence-corrected chi connectivity index (χ0v) is 7.55. The number of aryl methyl sites for hydroxylation is 2. The molecule has 2 nitrogen and oxygen atoms in total. The molecule has 0 amide bonds. The van der Waals surface area contributed by atoms with E-state index in [2.05, 4.69) is 23.8 Å². The van der Waals surface area contributed by atoms with Gasteiger partial charge in [-0.15, -0.1) is 0 Å². The van der Waals surface area contributed by atoms with Crippen molar-refractivity contribution in [3.63, 3.8) is 0 Å². The van der Waals surface area contributed by atoms with Gasteiger partial charge in [-0.25, -0.2) is 9.97 Å². The maximum absolute atomic E-state index is 4.36. The van der Waals surface area contributed by atoms with Gasteiger partial charge in [-0.2, -0.15) is 0 Å². The van der Waals surface area contributed by atoms with Crippen LogP contribution in [-0.4, -0.2) is 9.97 Å². The molecule has 0 aliphatic rings. The van der Waals surface area contributed by atoms with Crippen molar-refractivity contribution in [1.82, 2.24) is 9.97 Å². The van der Waals surface area contributed by atoms with Crippen molar-refractivity contribution >= 4 is 0 Å². The van der Waals surface area contributed by atoms with Gasteiger partial charge in [0.2, 0.25) is 0 Å². The number of hydrogen-bond donors (Lipinski definition) is 0. The molecule has 0 saturated heterocycles. The Morgan fingerprint density at radius 3 is 2.25 bits per heavy atom. The van der Waals surface area contributed by atoms with Crippen LogP contribution in [0.15, 0.2) is 6.20 Å². The van der Waals surface area contributed by atoms with Gasteiger partial charge in [0.15, 0.2) is 0 Å². The molecule has 0 aliphatic heterocycles. The van der Waals surface area contributed by atoms with Crippen molar-refractivity contribution in [3.05, 3.63) is 23.3 Å². The highest BCUT2D eigenvalue weighted by atomic mass is 14.9. The summed E-state index contributed by atoms with van der Waals surface area (Å²) in [5, 5.41) is 0. The molecule has 0 bridgehead atoms. The Morgan fingerprint density at radius 1 is 1.25 bits per heavy atom. The molecule has 68 valence electrons. The van der Waals surface area contributed by atoms with Gasteiger partial charge in [0.05, 0.1) is 0 Å². The minimum atomic E-state index is 0. The molecular weight excluding hydrogens is 148 g/mol. The lowest BCUT2D eigenvalue weighted by atomic mass is 10.2. The summed E-state index contributed by atoms with van der Waals surface area (Å²) in [7, 11) is 0. The number of rotatable bonds is 1. The molecule has 1 heterocycles. The second-order valence-electron chi connectivity index (χ2n) is 3.15. The van der Waals surface area contributed by atoms with Crippen molar-refractivity contribution in [2.75, 3.05) is 0 Å². The van der Waals surface area contributed by atoms with E-state index in [1.165, 1.54) is 0 Å². The van der Waals surface area contributed by atoms with E-state index in [1.54, 1.807) is 0 Å². The summed E-state index contributed by atoms with van der Waals surface area (Å²) in [6.45, 7) is 8.25. The summed E-state index contributed by atoms with van der Waals surface area (Å²) in [6, 6.07) is 0. The molecule has 0 unspecified atom stereocenters. The van der Waals surface area contributed by atoms with Gasteiger partial charge < -0.3 is 0 Å². The Hall–Kier alpha value is -0.920. The number of nitrogens with zero attached hydrogens (tertiary/aromatic N) is 2. The van der Waals surface area contributed by atoms with Crippen LogP contribution in [-0.2, 0) is 0 Å². The van der Waals surface area contributed by atoms with Gasteiger partial charge in [0.25, 0.3) is 0 Å². The highest BCUT2D eigenvalue weighted by Gasteiger charge is 2.02. The largest absolute Gasteiger partial charge is 0.241 e. The second-order valence-corrected chi connectivity index (χ2v) is 3.15. The first-order valence-electron chi connectivity index (χ1n) is 3.91. The van der Waals surface area contributed by atoms with Crippen molar-refractivity contribution < 1.29 is 0 Å². The van der Waals surface area contributed by atoms with Crippen molar-refractivity contribution in [3.8, 4) is 0 Å². The molecule has 0 atom stereocenters. The summed E-state index contributed by atoms with van der Waals surface area (Å²) in [6.07, 6.45) is 1.89. The Morgan fingerprint density at radius 2 is 1.83 bits per heavy atom. The lowest BCUT2D eigenvalue weighted by molar-refractivity contribution is 0.762. The Labute approximate surface area is 75.1 Å². The molecule has 0 aromatic carbocycles. The van der Waals surface area contributed by atoms with Gasteiger partial charge in [-0.05, 0) is 19.4 Å². The van der Waals surface area contributed by atoms with Crippen molar-refractivity contribution in [2.24, 2.45) is 0 Å². The van der Waals surface area contributed by atoms with Crippen molar-refractivity contribution in [2.45, 2.75) is 41.0 Å². The van der Waals surface area contributed by atoms with Crippen LogP contribution in [0.25, 0.3) is 0 Å². The van der Waals surface area contributed by atoms with Crippen LogP contribution in [0, 0.1) is 13.8 Å². The van der Waals surface area contributed by atoms with Crippen molar-refractivity contribution in [1.29, 1.82) is 0 Å². The van der Waals surface area contributed by atoms with E-state index < -0.39 is 0 Å². The van der Waals surface area contributed by atoms with Gasteiger partial charge in [-0.3, -0.25) is 0 Å². The van der Waals surface area contributed by atoms with E-state index in [0.717, 1.165) is 17.1 Å². The molecule has 0 saturated carbocycles. The predicted molar refractivity (Wildman–Crippen MR) is 52.3 cm³/mol. The zero-order valence-electron chi connectivity index (χ0n) is 7.55. The number of hydrogen-bond acceptors (Lipinski definition) is 2. The first-order chi connectivity index (χ1) is 5.11. The van der Waals surface area contributed by atoms with Crippen LogP contribution >= 0.6 is 0 Å². The molecule has 0 aliphatic carbocycles. The standard InChI is InChI=1S/C9H14N2.CH4/c1-6(2)9-10-5-7(3)8(4)11-9;/h5-6H,1-4H3;1H4. The van der Waals surface area contributed by atoms with Crippen LogP contribution in [0.4, 0.5) is 0 Å². The predicted octanol–water partition coefficient (Wildman–Crippen LogP) is 2.85. The fourth-order valence-electron chi connectivity index (χ4n) is 0.823. The van der Waals surface area contributed by atoms with Crippen LogP contribution in [0.5, 0.6) is 0 Å². The summed E-state index contributed by atoms with van der Waals surface area (Å²) >= 11 is 0. The monoisotopic (exact) mass is 166 g/mol. The van der Waals surface area contributed by atoms with Gasteiger partial charge in [-0.1, -0.05) is 21.3 Å². The van der Waals surface area contributed by atoms with E-state index in [1.807, 2.05) is 20.0 Å². The van der Waals surface area contributed by atoms with E-state index in [4.69, 9.17) is 0 Å². The van der Waals surface area contributed by atoms with Crippen LogP contribution < -0.4 is 0 Å². The average Bonchev–Trinajstić information content (AvgIpc) is 1.94. The third-order valence-corrected chi connectivity index (χ3v) is 1.76. The fourth-order valence-corrected chi connectivity index (χ4v) is 0.823. The van der Waals surface area contributed by atoms with Crippen LogP contribution in [0.1, 0.15) is 44.3 Å². The van der Waals surface area contributed by atoms with Gasteiger partial charge in [0, 0.05) is 17.8 Å². The molecule has 12 heavy (non-hydrogen) atoms. The molecule has 0 spiro atoms. The minimum Gasteiger partial charge on any atom is -0.241 e.